The van der Waals surface area contributed by atoms with Gasteiger partial charge in [0.15, 0.2) is 0 Å². The van der Waals surface area contributed by atoms with Crippen LogP contribution in [0.4, 0.5) is 0 Å². The summed E-state index contributed by atoms with van der Waals surface area (Å²) >= 11 is 0. The van der Waals surface area contributed by atoms with Crippen molar-refractivity contribution in [2.75, 3.05) is 6.61 Å². The normalized spacial score (nSPS) is 10.0. The van der Waals surface area contributed by atoms with Crippen LogP contribution in [0.15, 0.2) is 24.5 Å². The van der Waals surface area contributed by atoms with Crippen molar-refractivity contribution >= 4 is 0 Å². The van der Waals surface area contributed by atoms with Gasteiger partial charge in [-0.2, -0.15) is 0 Å². The quantitative estimate of drug-likeness (QED) is 0.415. The molecule has 0 fully saturated rings. The topological polar surface area (TPSA) is 9.23 Å². The Morgan fingerprint density at radius 2 is 2.33 bits per heavy atom. The van der Waals surface area contributed by atoms with Crippen molar-refractivity contribution in [1.29, 1.82) is 0 Å². The third-order valence-electron chi connectivity index (χ3n) is 0.758. The highest BCUT2D eigenvalue weighted by molar-refractivity contribution is 4.88. The molecule has 0 amide bonds. The Hall–Kier alpha value is -0.720. The van der Waals surface area contributed by atoms with Crippen molar-refractivity contribution in [2.24, 2.45) is 0 Å². The molecule has 0 heterocycles. The number of rotatable bonds is 4. The Kier molecular flexibility index (Phi) is 4.98. The maximum absolute atomic E-state index is 5.06. The van der Waals surface area contributed by atoms with Gasteiger partial charge in [0, 0.05) is 0 Å². The predicted octanol–water partition coefficient (Wildman–Crippen LogP) is 2.50. The second-order valence-electron chi connectivity index (χ2n) is 2.05. The molecule has 0 aliphatic rings. The van der Waals surface area contributed by atoms with Gasteiger partial charge in [-0.3, -0.25) is 0 Å². The fourth-order valence-corrected chi connectivity index (χ4v) is 0.355. The largest absolute Gasteiger partial charge is 0.497 e. The molecule has 0 saturated carbocycles. The SMILES string of the molecule is C=C(C)CO/C=C/CC. The van der Waals surface area contributed by atoms with Crippen LogP contribution in [0.3, 0.4) is 0 Å². The van der Waals surface area contributed by atoms with E-state index in [1.54, 1.807) is 6.26 Å². The molecule has 0 unspecified atom stereocenters. The lowest BCUT2D eigenvalue weighted by atomic mass is 10.4. The van der Waals surface area contributed by atoms with Crippen molar-refractivity contribution in [2.45, 2.75) is 20.3 Å². The Labute approximate surface area is 57.0 Å². The summed E-state index contributed by atoms with van der Waals surface area (Å²) < 4.78 is 5.06. The van der Waals surface area contributed by atoms with E-state index >= 15 is 0 Å². The van der Waals surface area contributed by atoms with Crippen LogP contribution >= 0.6 is 0 Å². The zero-order valence-electron chi connectivity index (χ0n) is 6.18. The molecule has 0 bridgehead atoms. The summed E-state index contributed by atoms with van der Waals surface area (Å²) in [6.07, 6.45) is 4.72. The lowest BCUT2D eigenvalue weighted by Gasteiger charge is -1.96. The van der Waals surface area contributed by atoms with Gasteiger partial charge in [0.05, 0.1) is 6.26 Å². The summed E-state index contributed by atoms with van der Waals surface area (Å²) in [7, 11) is 0. The molecule has 1 heteroatoms. The highest BCUT2D eigenvalue weighted by Crippen LogP contribution is 1.89. The molecule has 1 nitrogen and oxygen atoms in total. The summed E-state index contributed by atoms with van der Waals surface area (Å²) in [5.74, 6) is 0. The summed E-state index contributed by atoms with van der Waals surface area (Å²) in [6.45, 7) is 8.34. The molecular formula is C8H14O. The third kappa shape index (κ3) is 7.28. The van der Waals surface area contributed by atoms with Gasteiger partial charge in [-0.25, -0.2) is 0 Å². The van der Waals surface area contributed by atoms with Crippen molar-refractivity contribution in [3.63, 3.8) is 0 Å². The molecule has 0 aromatic heterocycles. The molecule has 0 aromatic rings. The minimum atomic E-state index is 0.635. The smallest absolute Gasteiger partial charge is 0.108 e. The van der Waals surface area contributed by atoms with E-state index in [1.165, 1.54) is 0 Å². The number of ether oxygens (including phenoxy) is 1. The van der Waals surface area contributed by atoms with Gasteiger partial charge >= 0.3 is 0 Å². The molecule has 0 spiro atoms. The highest BCUT2D eigenvalue weighted by Gasteiger charge is 1.79. The Morgan fingerprint density at radius 1 is 1.67 bits per heavy atom. The molecule has 0 aliphatic heterocycles. The van der Waals surface area contributed by atoms with Gasteiger partial charge in [0.2, 0.25) is 0 Å². The van der Waals surface area contributed by atoms with Crippen LogP contribution in [0.5, 0.6) is 0 Å². The summed E-state index contributed by atoms with van der Waals surface area (Å²) in [6, 6.07) is 0. The number of hydrogen-bond donors (Lipinski definition) is 0. The minimum absolute atomic E-state index is 0.635. The fourth-order valence-electron chi connectivity index (χ4n) is 0.355. The first kappa shape index (κ1) is 8.28. The fraction of sp³-hybridized carbons (Fsp3) is 0.500. The lowest BCUT2D eigenvalue weighted by molar-refractivity contribution is 0.280. The van der Waals surface area contributed by atoms with Gasteiger partial charge in [-0.15, -0.1) is 0 Å². The van der Waals surface area contributed by atoms with Crippen LogP contribution in [0.2, 0.25) is 0 Å². The average molecular weight is 126 g/mol. The summed E-state index contributed by atoms with van der Waals surface area (Å²) in [5.41, 5.74) is 1.05. The monoisotopic (exact) mass is 126 g/mol. The first-order valence-corrected chi connectivity index (χ1v) is 3.18. The van der Waals surface area contributed by atoms with E-state index < -0.39 is 0 Å². The van der Waals surface area contributed by atoms with Crippen LogP contribution in [-0.4, -0.2) is 6.61 Å². The standard InChI is InChI=1S/C8H14O/c1-4-5-6-9-7-8(2)3/h5-6H,2,4,7H2,1,3H3/b6-5+. The zero-order valence-corrected chi connectivity index (χ0v) is 6.18. The maximum atomic E-state index is 5.06. The molecular weight excluding hydrogens is 112 g/mol. The van der Waals surface area contributed by atoms with Gasteiger partial charge in [0.25, 0.3) is 0 Å². The molecule has 0 atom stereocenters. The van der Waals surface area contributed by atoms with Gasteiger partial charge in [-0.05, 0) is 18.9 Å². The van der Waals surface area contributed by atoms with E-state index in [-0.39, 0.29) is 0 Å². The van der Waals surface area contributed by atoms with E-state index in [0.717, 1.165) is 12.0 Å². The lowest BCUT2D eigenvalue weighted by Crippen LogP contribution is -1.85. The molecule has 9 heavy (non-hydrogen) atoms. The molecule has 0 aliphatic carbocycles. The van der Waals surface area contributed by atoms with E-state index in [9.17, 15) is 0 Å². The Morgan fingerprint density at radius 3 is 2.78 bits per heavy atom. The molecule has 0 rings (SSSR count). The van der Waals surface area contributed by atoms with Crippen LogP contribution < -0.4 is 0 Å². The predicted molar refractivity (Wildman–Crippen MR) is 40.2 cm³/mol. The van der Waals surface area contributed by atoms with Gasteiger partial charge < -0.3 is 4.74 Å². The van der Waals surface area contributed by atoms with Gasteiger partial charge in [-0.1, -0.05) is 19.6 Å². The van der Waals surface area contributed by atoms with Crippen molar-refractivity contribution < 1.29 is 4.74 Å². The first-order chi connectivity index (χ1) is 4.27. The van der Waals surface area contributed by atoms with Gasteiger partial charge in [0.1, 0.15) is 6.61 Å². The summed E-state index contributed by atoms with van der Waals surface area (Å²) in [5, 5.41) is 0. The summed E-state index contributed by atoms with van der Waals surface area (Å²) in [4.78, 5) is 0. The average Bonchev–Trinajstić information content (AvgIpc) is 1.80. The van der Waals surface area contributed by atoms with Crippen molar-refractivity contribution in [3.8, 4) is 0 Å². The second-order valence-corrected chi connectivity index (χ2v) is 2.05. The zero-order chi connectivity index (χ0) is 7.11. The minimum Gasteiger partial charge on any atom is -0.497 e. The Bertz CT molecular complexity index is 103. The van der Waals surface area contributed by atoms with E-state index in [4.69, 9.17) is 4.74 Å². The first-order valence-electron chi connectivity index (χ1n) is 3.18. The van der Waals surface area contributed by atoms with Crippen LogP contribution in [0.1, 0.15) is 20.3 Å². The number of allylic oxidation sites excluding steroid dienone is 1. The van der Waals surface area contributed by atoms with Crippen LogP contribution in [0, 0.1) is 0 Å². The van der Waals surface area contributed by atoms with Crippen LogP contribution in [-0.2, 0) is 4.74 Å². The van der Waals surface area contributed by atoms with E-state index in [0.29, 0.717) is 6.61 Å². The van der Waals surface area contributed by atoms with E-state index in [2.05, 4.69) is 13.5 Å². The molecule has 0 N–H and O–H groups in total. The van der Waals surface area contributed by atoms with Crippen LogP contribution in [0.25, 0.3) is 0 Å². The second kappa shape index (κ2) is 5.42. The van der Waals surface area contributed by atoms with E-state index in [1.807, 2.05) is 13.0 Å². The molecule has 0 aromatic carbocycles. The third-order valence-corrected chi connectivity index (χ3v) is 0.758. The van der Waals surface area contributed by atoms with Crippen molar-refractivity contribution in [3.05, 3.63) is 24.5 Å². The maximum Gasteiger partial charge on any atom is 0.108 e. The molecule has 0 radical (unpaired) electrons. The molecule has 52 valence electrons. The van der Waals surface area contributed by atoms with Crippen molar-refractivity contribution in [1.82, 2.24) is 0 Å². The molecule has 0 saturated heterocycles. The number of hydrogen-bond acceptors (Lipinski definition) is 1. The Balaban J connectivity index is 3.09. The highest BCUT2D eigenvalue weighted by atomic mass is 16.5.